The Hall–Kier alpha value is -1.83. The van der Waals surface area contributed by atoms with Crippen LogP contribution in [0.2, 0.25) is 0 Å². The molecule has 1 aromatic rings. The lowest BCUT2D eigenvalue weighted by molar-refractivity contribution is 0.352. The van der Waals surface area contributed by atoms with Crippen molar-refractivity contribution < 1.29 is 17.5 Å². The van der Waals surface area contributed by atoms with Crippen molar-refractivity contribution in [3.63, 3.8) is 0 Å². The zero-order valence-electron chi connectivity index (χ0n) is 10.3. The number of nitrogens with zero attached hydrogens (tertiary/aromatic N) is 1. The van der Waals surface area contributed by atoms with Crippen molar-refractivity contribution in [3.8, 4) is 5.75 Å². The maximum absolute atomic E-state index is 14.0. The number of ether oxygens (including phenoxy) is 1. The summed E-state index contributed by atoms with van der Waals surface area (Å²) in [5, 5.41) is 2.99. The summed E-state index contributed by atoms with van der Waals surface area (Å²) >= 11 is 0. The van der Waals surface area contributed by atoms with E-state index in [2.05, 4.69) is 15.0 Å². The van der Waals surface area contributed by atoms with E-state index in [1.165, 1.54) is 18.2 Å². The maximum Gasteiger partial charge on any atom is 0.229 e. The van der Waals surface area contributed by atoms with Gasteiger partial charge < -0.3 is 10.1 Å². The molecule has 2 N–H and O–H groups in total. The van der Waals surface area contributed by atoms with Crippen LogP contribution >= 0.6 is 0 Å². The summed E-state index contributed by atoms with van der Waals surface area (Å²) in [6.07, 6.45) is 0.956. The number of halogens is 1. The minimum absolute atomic E-state index is 0.0231. The first kappa shape index (κ1) is 13.6. The molecule has 1 aromatic carbocycles. The molecular formula is C11H14FN3O3S. The average molecular weight is 287 g/mol. The SMILES string of the molecule is CS(=O)(=O)Nc1cccc(OCC2=NCCN2)c1F. The van der Waals surface area contributed by atoms with Crippen LogP contribution in [-0.2, 0) is 10.0 Å². The van der Waals surface area contributed by atoms with Gasteiger partial charge in [-0.2, -0.15) is 0 Å². The molecule has 0 saturated heterocycles. The van der Waals surface area contributed by atoms with E-state index in [0.717, 1.165) is 12.8 Å². The fourth-order valence-electron chi connectivity index (χ4n) is 1.59. The zero-order valence-corrected chi connectivity index (χ0v) is 11.1. The second-order valence-corrected chi connectivity index (χ2v) is 5.78. The topological polar surface area (TPSA) is 79.8 Å². The molecule has 8 heteroatoms. The Labute approximate surface area is 110 Å². The van der Waals surface area contributed by atoms with Crippen molar-refractivity contribution in [2.45, 2.75) is 0 Å². The molecule has 0 amide bonds. The standard InChI is InChI=1S/C11H14FN3O3S/c1-19(16,17)15-8-3-2-4-9(11(8)12)18-7-10-13-5-6-14-10/h2-4,15H,5-7H2,1H3,(H,13,14). The Morgan fingerprint density at radius 1 is 1.53 bits per heavy atom. The number of nitrogens with one attached hydrogen (secondary N) is 2. The average Bonchev–Trinajstić information content (AvgIpc) is 2.81. The molecular weight excluding hydrogens is 273 g/mol. The van der Waals surface area contributed by atoms with Gasteiger partial charge in [0, 0.05) is 6.54 Å². The second kappa shape index (κ2) is 5.43. The van der Waals surface area contributed by atoms with Gasteiger partial charge in [0.1, 0.15) is 12.4 Å². The Bertz CT molecular complexity index is 601. The van der Waals surface area contributed by atoms with Crippen LogP contribution < -0.4 is 14.8 Å². The Kier molecular flexibility index (Phi) is 3.89. The minimum atomic E-state index is -3.53. The normalized spacial score (nSPS) is 14.7. The number of anilines is 1. The van der Waals surface area contributed by atoms with Crippen LogP contribution in [0, 0.1) is 5.82 Å². The first-order valence-corrected chi connectivity index (χ1v) is 7.51. The van der Waals surface area contributed by atoms with Gasteiger partial charge in [-0.25, -0.2) is 12.8 Å². The summed E-state index contributed by atoms with van der Waals surface area (Å²) < 4.78 is 43.5. The fourth-order valence-corrected chi connectivity index (χ4v) is 2.15. The van der Waals surface area contributed by atoms with Crippen LogP contribution in [0.25, 0.3) is 0 Å². The molecule has 1 aliphatic rings. The van der Waals surface area contributed by atoms with Crippen LogP contribution in [0.3, 0.4) is 0 Å². The number of benzene rings is 1. The smallest absolute Gasteiger partial charge is 0.229 e. The number of hydrogen-bond acceptors (Lipinski definition) is 5. The molecule has 0 bridgehead atoms. The molecule has 0 unspecified atom stereocenters. The molecule has 0 aromatic heterocycles. The van der Waals surface area contributed by atoms with Gasteiger partial charge in [0.05, 0.1) is 18.5 Å². The molecule has 1 aliphatic heterocycles. The largest absolute Gasteiger partial charge is 0.483 e. The summed E-state index contributed by atoms with van der Waals surface area (Å²) in [4.78, 5) is 4.11. The van der Waals surface area contributed by atoms with E-state index in [9.17, 15) is 12.8 Å². The van der Waals surface area contributed by atoms with Gasteiger partial charge in [-0.1, -0.05) is 6.07 Å². The van der Waals surface area contributed by atoms with Crippen LogP contribution in [0.4, 0.5) is 10.1 Å². The van der Waals surface area contributed by atoms with Crippen molar-refractivity contribution in [2.75, 3.05) is 30.7 Å². The summed E-state index contributed by atoms with van der Waals surface area (Å²) in [6, 6.07) is 4.27. The Morgan fingerprint density at radius 3 is 2.95 bits per heavy atom. The van der Waals surface area contributed by atoms with Crippen molar-refractivity contribution in [1.82, 2.24) is 5.32 Å². The monoisotopic (exact) mass is 287 g/mol. The van der Waals surface area contributed by atoms with Crippen molar-refractivity contribution in [3.05, 3.63) is 24.0 Å². The van der Waals surface area contributed by atoms with Crippen LogP contribution in [0.1, 0.15) is 0 Å². The third kappa shape index (κ3) is 3.82. The minimum Gasteiger partial charge on any atom is -0.483 e. The first-order chi connectivity index (χ1) is 8.96. The molecule has 0 aliphatic carbocycles. The van der Waals surface area contributed by atoms with E-state index in [0.29, 0.717) is 12.4 Å². The number of aliphatic imine (C=N–C) groups is 1. The van der Waals surface area contributed by atoms with Crippen molar-refractivity contribution in [1.29, 1.82) is 0 Å². The van der Waals surface area contributed by atoms with Gasteiger partial charge in [-0.15, -0.1) is 0 Å². The number of sulfonamides is 1. The number of amidine groups is 1. The van der Waals surface area contributed by atoms with E-state index in [1.807, 2.05) is 0 Å². The predicted octanol–water partition coefficient (Wildman–Crippen LogP) is 0.578. The highest BCUT2D eigenvalue weighted by Crippen LogP contribution is 2.25. The predicted molar refractivity (Wildman–Crippen MR) is 70.7 cm³/mol. The molecule has 0 fully saturated rings. The summed E-state index contributed by atoms with van der Waals surface area (Å²) in [6.45, 7) is 1.55. The highest BCUT2D eigenvalue weighted by Gasteiger charge is 2.13. The highest BCUT2D eigenvalue weighted by atomic mass is 32.2. The van der Waals surface area contributed by atoms with Crippen LogP contribution in [-0.4, -0.2) is 40.2 Å². The highest BCUT2D eigenvalue weighted by molar-refractivity contribution is 7.92. The van der Waals surface area contributed by atoms with E-state index in [4.69, 9.17) is 4.74 Å². The molecule has 0 spiro atoms. The molecule has 6 nitrogen and oxygen atoms in total. The van der Waals surface area contributed by atoms with E-state index in [-0.39, 0.29) is 18.0 Å². The van der Waals surface area contributed by atoms with Crippen LogP contribution in [0.15, 0.2) is 23.2 Å². The summed E-state index contributed by atoms with van der Waals surface area (Å²) in [7, 11) is -3.53. The molecule has 104 valence electrons. The van der Waals surface area contributed by atoms with Crippen molar-refractivity contribution in [2.24, 2.45) is 4.99 Å². The number of rotatable bonds is 5. The molecule has 1 heterocycles. The van der Waals surface area contributed by atoms with Gasteiger partial charge in [0.25, 0.3) is 0 Å². The zero-order chi connectivity index (χ0) is 13.9. The second-order valence-electron chi connectivity index (χ2n) is 4.04. The lowest BCUT2D eigenvalue weighted by Gasteiger charge is -2.11. The first-order valence-electron chi connectivity index (χ1n) is 5.62. The number of hydrogen-bond donors (Lipinski definition) is 2. The van der Waals surface area contributed by atoms with Gasteiger partial charge in [-0.3, -0.25) is 9.71 Å². The Morgan fingerprint density at radius 2 is 2.32 bits per heavy atom. The third-order valence-corrected chi connectivity index (χ3v) is 2.96. The van der Waals surface area contributed by atoms with E-state index < -0.39 is 15.8 Å². The maximum atomic E-state index is 14.0. The van der Waals surface area contributed by atoms with Gasteiger partial charge in [0.15, 0.2) is 11.6 Å². The third-order valence-electron chi connectivity index (χ3n) is 2.37. The molecule has 0 saturated carbocycles. The van der Waals surface area contributed by atoms with Gasteiger partial charge in [0.2, 0.25) is 10.0 Å². The summed E-state index contributed by atoms with van der Waals surface area (Å²) in [5.41, 5.74) is -0.138. The quantitative estimate of drug-likeness (QED) is 0.830. The molecule has 19 heavy (non-hydrogen) atoms. The van der Waals surface area contributed by atoms with Crippen molar-refractivity contribution >= 4 is 21.5 Å². The van der Waals surface area contributed by atoms with Gasteiger partial charge >= 0.3 is 0 Å². The Balaban J connectivity index is 2.10. The molecule has 0 atom stereocenters. The lowest BCUT2D eigenvalue weighted by Crippen LogP contribution is -2.25. The fraction of sp³-hybridized carbons (Fsp3) is 0.364. The molecule has 2 rings (SSSR count). The molecule has 0 radical (unpaired) electrons. The van der Waals surface area contributed by atoms with E-state index in [1.54, 1.807) is 0 Å². The summed E-state index contributed by atoms with van der Waals surface area (Å²) in [5.74, 6) is -0.113. The lowest BCUT2D eigenvalue weighted by atomic mass is 10.3. The van der Waals surface area contributed by atoms with E-state index >= 15 is 0 Å². The van der Waals surface area contributed by atoms with Crippen LogP contribution in [0.5, 0.6) is 5.75 Å². The van der Waals surface area contributed by atoms with Gasteiger partial charge in [-0.05, 0) is 12.1 Å².